The quantitative estimate of drug-likeness (QED) is 0.514. The number of piperazine rings is 1. The third-order valence-electron chi connectivity index (χ3n) is 5.10. The number of carbonyl (C=O) groups is 1. The second kappa shape index (κ2) is 8.82. The number of amides is 1. The zero-order valence-electron chi connectivity index (χ0n) is 15.8. The molecule has 6 nitrogen and oxygen atoms in total. The number of nitrogens with one attached hydrogen (secondary N) is 2. The highest BCUT2D eigenvalue weighted by molar-refractivity contribution is 5.99. The molecule has 3 aromatic rings. The Bertz CT molecular complexity index is 942. The Kier molecular flexibility index (Phi) is 5.80. The molecule has 0 spiro atoms. The van der Waals surface area contributed by atoms with Crippen LogP contribution in [0.15, 0.2) is 65.9 Å². The van der Waals surface area contributed by atoms with Crippen molar-refractivity contribution in [3.8, 4) is 0 Å². The second-order valence-electron chi connectivity index (χ2n) is 7.12. The molecule has 0 radical (unpaired) electrons. The summed E-state index contributed by atoms with van der Waals surface area (Å²) in [6, 6.07) is 18.5. The molecule has 0 saturated carbocycles. The fourth-order valence-electron chi connectivity index (χ4n) is 3.56. The maximum atomic E-state index is 12.2. The highest BCUT2D eigenvalue weighted by Crippen LogP contribution is 2.15. The molecular weight excluding hydrogens is 350 g/mol. The van der Waals surface area contributed by atoms with E-state index in [0.29, 0.717) is 6.54 Å². The number of hydrazone groups is 1. The van der Waals surface area contributed by atoms with Crippen LogP contribution in [0.25, 0.3) is 10.9 Å². The first-order valence-corrected chi connectivity index (χ1v) is 9.64. The van der Waals surface area contributed by atoms with Crippen LogP contribution in [0.1, 0.15) is 11.1 Å². The Hall–Kier alpha value is -2.96. The molecule has 144 valence electrons. The van der Waals surface area contributed by atoms with Crippen molar-refractivity contribution in [2.45, 2.75) is 6.54 Å². The summed E-state index contributed by atoms with van der Waals surface area (Å²) in [5.41, 5.74) is 6.00. The smallest absolute Gasteiger partial charge is 0.254 e. The molecule has 0 aliphatic carbocycles. The Morgan fingerprint density at radius 1 is 1.00 bits per heavy atom. The Balaban J connectivity index is 1.21. The first-order chi connectivity index (χ1) is 13.8. The van der Waals surface area contributed by atoms with Crippen LogP contribution in [-0.2, 0) is 11.3 Å². The molecule has 1 aliphatic rings. The molecule has 6 heteroatoms. The Morgan fingerprint density at radius 3 is 2.54 bits per heavy atom. The van der Waals surface area contributed by atoms with E-state index in [0.717, 1.165) is 49.2 Å². The minimum Gasteiger partial charge on any atom is -0.361 e. The summed E-state index contributed by atoms with van der Waals surface area (Å²) >= 11 is 0. The van der Waals surface area contributed by atoms with Crippen LogP contribution in [0.2, 0.25) is 0 Å². The fourth-order valence-corrected chi connectivity index (χ4v) is 3.56. The van der Waals surface area contributed by atoms with Gasteiger partial charge in [-0.1, -0.05) is 48.5 Å². The maximum Gasteiger partial charge on any atom is 0.254 e. The number of aromatic amines is 1. The van der Waals surface area contributed by atoms with Gasteiger partial charge in [-0.3, -0.25) is 14.6 Å². The molecule has 1 aromatic heterocycles. The number of carbonyl (C=O) groups excluding carboxylic acids is 1. The van der Waals surface area contributed by atoms with E-state index in [1.807, 2.05) is 36.5 Å². The molecule has 2 aromatic carbocycles. The predicted molar refractivity (Wildman–Crippen MR) is 112 cm³/mol. The van der Waals surface area contributed by atoms with Gasteiger partial charge in [0.2, 0.25) is 0 Å². The summed E-state index contributed by atoms with van der Waals surface area (Å²) in [4.78, 5) is 20.0. The van der Waals surface area contributed by atoms with E-state index in [9.17, 15) is 4.79 Å². The first kappa shape index (κ1) is 18.4. The summed E-state index contributed by atoms with van der Waals surface area (Å²) in [5, 5.41) is 5.21. The van der Waals surface area contributed by atoms with Crippen molar-refractivity contribution in [1.82, 2.24) is 20.2 Å². The molecule has 28 heavy (non-hydrogen) atoms. The van der Waals surface area contributed by atoms with Gasteiger partial charge in [0.1, 0.15) is 0 Å². The average molecular weight is 375 g/mol. The SMILES string of the molecule is O=C(CN1CCN(Cc2ccccc2)CC1)NN=Cc1c[nH]c2ccccc12. The number of benzene rings is 2. The van der Waals surface area contributed by atoms with Crippen molar-refractivity contribution < 1.29 is 4.79 Å². The molecule has 1 aliphatic heterocycles. The lowest BCUT2D eigenvalue weighted by atomic mass is 10.2. The average Bonchev–Trinajstić information content (AvgIpc) is 3.14. The van der Waals surface area contributed by atoms with Crippen LogP contribution >= 0.6 is 0 Å². The lowest BCUT2D eigenvalue weighted by molar-refractivity contribution is -0.122. The van der Waals surface area contributed by atoms with Crippen molar-refractivity contribution in [1.29, 1.82) is 0 Å². The highest BCUT2D eigenvalue weighted by Gasteiger charge is 2.18. The van der Waals surface area contributed by atoms with Gasteiger partial charge in [-0.2, -0.15) is 5.10 Å². The number of aromatic nitrogens is 1. The number of nitrogens with zero attached hydrogens (tertiary/aromatic N) is 3. The number of rotatable bonds is 6. The van der Waals surface area contributed by atoms with Crippen molar-refractivity contribution in [3.63, 3.8) is 0 Å². The topological polar surface area (TPSA) is 63.7 Å². The van der Waals surface area contributed by atoms with Crippen LogP contribution in [0.4, 0.5) is 0 Å². The van der Waals surface area contributed by atoms with Gasteiger partial charge in [0.05, 0.1) is 12.8 Å². The van der Waals surface area contributed by atoms with Gasteiger partial charge < -0.3 is 4.98 Å². The lowest BCUT2D eigenvalue weighted by Crippen LogP contribution is -2.48. The van der Waals surface area contributed by atoms with Gasteiger partial charge >= 0.3 is 0 Å². The van der Waals surface area contributed by atoms with Crippen LogP contribution in [0.3, 0.4) is 0 Å². The van der Waals surface area contributed by atoms with E-state index in [1.54, 1.807) is 6.21 Å². The highest BCUT2D eigenvalue weighted by atomic mass is 16.2. The minimum atomic E-state index is -0.0763. The lowest BCUT2D eigenvalue weighted by Gasteiger charge is -2.34. The third kappa shape index (κ3) is 4.65. The van der Waals surface area contributed by atoms with E-state index < -0.39 is 0 Å². The zero-order valence-corrected chi connectivity index (χ0v) is 15.8. The summed E-state index contributed by atoms with van der Waals surface area (Å²) in [6.07, 6.45) is 3.58. The molecule has 2 heterocycles. The summed E-state index contributed by atoms with van der Waals surface area (Å²) in [5.74, 6) is -0.0763. The van der Waals surface area contributed by atoms with Crippen LogP contribution in [-0.4, -0.2) is 59.6 Å². The fraction of sp³-hybridized carbons (Fsp3) is 0.273. The van der Waals surface area contributed by atoms with Gasteiger partial charge in [-0.05, 0) is 11.6 Å². The standard InChI is InChI=1S/C22H25N5O/c28-22(25-24-15-19-14-23-21-9-5-4-8-20(19)21)17-27-12-10-26(11-13-27)16-18-6-2-1-3-7-18/h1-9,14-15,23H,10-13,16-17H2,(H,25,28). The molecular formula is C22H25N5O. The van der Waals surface area contributed by atoms with Gasteiger partial charge in [-0.15, -0.1) is 0 Å². The number of H-pyrrole nitrogens is 1. The normalized spacial score (nSPS) is 16.0. The predicted octanol–water partition coefficient (Wildman–Crippen LogP) is 2.44. The molecule has 0 unspecified atom stereocenters. The second-order valence-corrected chi connectivity index (χ2v) is 7.12. The summed E-state index contributed by atoms with van der Waals surface area (Å²) in [6.45, 7) is 5.08. The largest absolute Gasteiger partial charge is 0.361 e. The van der Waals surface area contributed by atoms with Crippen LogP contribution in [0.5, 0.6) is 0 Å². The van der Waals surface area contributed by atoms with Gasteiger partial charge in [0.25, 0.3) is 5.91 Å². The molecule has 4 rings (SSSR count). The van der Waals surface area contributed by atoms with Crippen molar-refractivity contribution in [3.05, 3.63) is 71.9 Å². The van der Waals surface area contributed by atoms with Crippen LogP contribution in [0, 0.1) is 0 Å². The summed E-state index contributed by atoms with van der Waals surface area (Å²) in [7, 11) is 0. The molecule has 1 fully saturated rings. The molecule has 2 N–H and O–H groups in total. The van der Waals surface area contributed by atoms with Crippen molar-refractivity contribution in [2.75, 3.05) is 32.7 Å². The Labute approximate surface area is 164 Å². The summed E-state index contributed by atoms with van der Waals surface area (Å²) < 4.78 is 0. The molecule has 0 atom stereocenters. The Morgan fingerprint density at radius 2 is 1.71 bits per heavy atom. The van der Waals surface area contributed by atoms with E-state index in [-0.39, 0.29) is 5.91 Å². The number of para-hydroxylation sites is 1. The number of fused-ring (bicyclic) bond motifs is 1. The monoisotopic (exact) mass is 375 g/mol. The van der Waals surface area contributed by atoms with Crippen LogP contribution < -0.4 is 5.43 Å². The molecule has 1 amide bonds. The van der Waals surface area contributed by atoms with E-state index in [2.05, 4.69) is 49.6 Å². The van der Waals surface area contributed by atoms with E-state index in [1.165, 1.54) is 5.56 Å². The van der Waals surface area contributed by atoms with Gasteiger partial charge in [-0.25, -0.2) is 5.43 Å². The van der Waals surface area contributed by atoms with Crippen molar-refractivity contribution >= 4 is 23.0 Å². The maximum absolute atomic E-state index is 12.2. The van der Waals surface area contributed by atoms with E-state index >= 15 is 0 Å². The van der Waals surface area contributed by atoms with E-state index in [4.69, 9.17) is 0 Å². The number of hydrogen-bond acceptors (Lipinski definition) is 4. The van der Waals surface area contributed by atoms with Gasteiger partial charge in [0.15, 0.2) is 0 Å². The third-order valence-corrected chi connectivity index (χ3v) is 5.10. The zero-order chi connectivity index (χ0) is 19.2. The minimum absolute atomic E-state index is 0.0763. The first-order valence-electron chi connectivity index (χ1n) is 9.64. The van der Waals surface area contributed by atoms with Crippen molar-refractivity contribution in [2.24, 2.45) is 5.10 Å². The van der Waals surface area contributed by atoms with Gasteiger partial charge in [0, 0.05) is 55.4 Å². The number of hydrogen-bond donors (Lipinski definition) is 2. The molecule has 0 bridgehead atoms. The molecule has 1 saturated heterocycles.